The minimum atomic E-state index is -0.732. The van der Waals surface area contributed by atoms with Crippen LogP contribution < -0.4 is 10.6 Å². The third-order valence-electron chi connectivity index (χ3n) is 6.12. The van der Waals surface area contributed by atoms with Gasteiger partial charge in [0.2, 0.25) is 5.91 Å². The summed E-state index contributed by atoms with van der Waals surface area (Å²) < 4.78 is 0. The Morgan fingerprint density at radius 3 is 2.36 bits per heavy atom. The van der Waals surface area contributed by atoms with Gasteiger partial charge in [0.15, 0.2) is 5.66 Å². The fraction of sp³-hybridized carbons (Fsp3) is 0.762. The monoisotopic (exact) mass is 464 g/mol. The Labute approximate surface area is 192 Å². The van der Waals surface area contributed by atoms with Gasteiger partial charge < -0.3 is 20.4 Å². The SMILES string of the molecule is CC1NC(=O)NC1CCCCCC(=O)N(CCC(=O)ON1C(=O)CCC1=O)CCC1(C)N=N1. The molecule has 12 heteroatoms. The highest BCUT2D eigenvalue weighted by Gasteiger charge is 2.35. The smallest absolute Gasteiger partial charge is 0.334 e. The third-order valence-corrected chi connectivity index (χ3v) is 6.12. The summed E-state index contributed by atoms with van der Waals surface area (Å²) in [4.78, 5) is 65.9. The van der Waals surface area contributed by atoms with Crippen LogP contribution in [0.4, 0.5) is 4.79 Å². The van der Waals surface area contributed by atoms with E-state index in [1.54, 1.807) is 4.90 Å². The van der Waals surface area contributed by atoms with Crippen LogP contribution in [0.5, 0.6) is 0 Å². The van der Waals surface area contributed by atoms with Gasteiger partial charge in [-0.2, -0.15) is 10.2 Å². The van der Waals surface area contributed by atoms with Crippen LogP contribution in [0.25, 0.3) is 0 Å². The number of nitrogens with zero attached hydrogens (tertiary/aromatic N) is 4. The molecule has 12 nitrogen and oxygen atoms in total. The number of carbonyl (C=O) groups excluding carboxylic acids is 5. The number of imide groups is 1. The molecule has 0 aliphatic carbocycles. The lowest BCUT2D eigenvalue weighted by atomic mass is 10.0. The van der Waals surface area contributed by atoms with Gasteiger partial charge in [-0.3, -0.25) is 14.4 Å². The molecule has 3 rings (SSSR count). The number of urea groups is 1. The summed E-state index contributed by atoms with van der Waals surface area (Å²) in [6.07, 6.45) is 4.13. The molecule has 2 saturated heterocycles. The summed E-state index contributed by atoms with van der Waals surface area (Å²) in [5.74, 6) is -1.88. The van der Waals surface area contributed by atoms with Crippen molar-refractivity contribution in [2.24, 2.45) is 10.2 Å². The van der Waals surface area contributed by atoms with E-state index in [1.807, 2.05) is 13.8 Å². The molecule has 0 aromatic carbocycles. The van der Waals surface area contributed by atoms with E-state index in [1.165, 1.54) is 0 Å². The van der Waals surface area contributed by atoms with Gasteiger partial charge in [-0.05, 0) is 26.7 Å². The molecule has 33 heavy (non-hydrogen) atoms. The first kappa shape index (κ1) is 24.6. The second-order valence-electron chi connectivity index (χ2n) is 8.96. The molecule has 0 radical (unpaired) electrons. The van der Waals surface area contributed by atoms with Crippen molar-refractivity contribution in [3.63, 3.8) is 0 Å². The molecule has 2 N–H and O–H groups in total. The maximum absolute atomic E-state index is 12.8. The predicted octanol–water partition coefficient (Wildman–Crippen LogP) is 1.40. The Balaban J connectivity index is 1.39. The lowest BCUT2D eigenvalue weighted by molar-refractivity contribution is -0.197. The molecule has 2 atom stereocenters. The summed E-state index contributed by atoms with van der Waals surface area (Å²) in [7, 11) is 0. The Kier molecular flexibility index (Phi) is 7.98. The van der Waals surface area contributed by atoms with E-state index in [9.17, 15) is 24.0 Å². The van der Waals surface area contributed by atoms with Crippen molar-refractivity contribution in [2.45, 2.75) is 89.4 Å². The Morgan fingerprint density at radius 1 is 1.06 bits per heavy atom. The molecule has 0 saturated carbocycles. The normalized spacial score (nSPS) is 22.8. The van der Waals surface area contributed by atoms with Crippen LogP contribution in [0.15, 0.2) is 10.2 Å². The van der Waals surface area contributed by atoms with Crippen molar-refractivity contribution in [2.75, 3.05) is 13.1 Å². The topological polar surface area (TPSA) is 150 Å². The average molecular weight is 465 g/mol. The van der Waals surface area contributed by atoms with Gasteiger partial charge >= 0.3 is 12.0 Å². The Hall–Kier alpha value is -3.05. The second-order valence-corrected chi connectivity index (χ2v) is 8.96. The number of carbonyl (C=O) groups is 5. The van der Waals surface area contributed by atoms with Gasteiger partial charge in [-0.1, -0.05) is 12.8 Å². The molecule has 0 bridgehead atoms. The minimum absolute atomic E-state index is 0.0326. The maximum atomic E-state index is 12.8. The number of hydroxylamine groups is 2. The van der Waals surface area contributed by atoms with E-state index in [2.05, 4.69) is 20.9 Å². The largest absolute Gasteiger partial charge is 0.342 e. The van der Waals surface area contributed by atoms with Crippen molar-refractivity contribution in [1.82, 2.24) is 20.6 Å². The summed E-state index contributed by atoms with van der Waals surface area (Å²) in [6, 6.07) is 0.0650. The molecular formula is C21H32N6O6. The number of amides is 5. The fourth-order valence-electron chi connectivity index (χ4n) is 3.86. The maximum Gasteiger partial charge on any atom is 0.334 e. The standard InChI is InChI=1S/C21H32N6O6/c1-14-15(23-20(32)22-14)6-4-3-5-7-16(28)26(13-11-21(2)24-25-21)12-10-19(31)33-27-17(29)8-9-18(27)30/h14-15H,3-13H2,1-2H3,(H2,22,23,32). The van der Waals surface area contributed by atoms with Gasteiger partial charge in [0.25, 0.3) is 11.8 Å². The van der Waals surface area contributed by atoms with Crippen molar-refractivity contribution in [3.05, 3.63) is 0 Å². The summed E-state index contributed by atoms with van der Waals surface area (Å²) in [5, 5.41) is 14.1. The lowest BCUT2D eigenvalue weighted by Gasteiger charge is -2.23. The van der Waals surface area contributed by atoms with Crippen molar-refractivity contribution < 1.29 is 28.8 Å². The molecule has 3 aliphatic rings. The van der Waals surface area contributed by atoms with Crippen molar-refractivity contribution in [1.29, 1.82) is 0 Å². The minimum Gasteiger partial charge on any atom is -0.342 e. The number of rotatable bonds is 13. The molecule has 3 aliphatic heterocycles. The van der Waals surface area contributed by atoms with Crippen LogP contribution in [0.1, 0.15) is 71.6 Å². The Bertz CT molecular complexity index is 808. The van der Waals surface area contributed by atoms with E-state index >= 15 is 0 Å². The highest BCUT2D eigenvalue weighted by molar-refractivity contribution is 6.01. The highest BCUT2D eigenvalue weighted by Crippen LogP contribution is 2.31. The number of unbranched alkanes of at least 4 members (excludes halogenated alkanes) is 2. The summed E-state index contributed by atoms with van der Waals surface area (Å²) in [5.41, 5.74) is -0.468. The van der Waals surface area contributed by atoms with Gasteiger partial charge in [0.1, 0.15) is 0 Å². The molecule has 2 fully saturated rings. The lowest BCUT2D eigenvalue weighted by Crippen LogP contribution is -2.37. The number of hydrogen-bond acceptors (Lipinski definition) is 8. The molecule has 0 aromatic heterocycles. The fourth-order valence-corrected chi connectivity index (χ4v) is 3.86. The Morgan fingerprint density at radius 2 is 1.76 bits per heavy atom. The molecule has 0 spiro atoms. The molecule has 3 heterocycles. The zero-order valence-electron chi connectivity index (χ0n) is 19.2. The van der Waals surface area contributed by atoms with Crippen LogP contribution in [-0.2, 0) is 24.0 Å². The first-order valence-corrected chi connectivity index (χ1v) is 11.5. The molecule has 5 amide bonds. The highest BCUT2D eigenvalue weighted by atomic mass is 16.7. The van der Waals surface area contributed by atoms with E-state index < -0.39 is 23.4 Å². The van der Waals surface area contributed by atoms with Crippen LogP contribution in [0.3, 0.4) is 0 Å². The molecule has 2 unspecified atom stereocenters. The van der Waals surface area contributed by atoms with E-state index in [0.29, 0.717) is 30.9 Å². The van der Waals surface area contributed by atoms with Gasteiger partial charge in [-0.25, -0.2) is 9.59 Å². The zero-order valence-corrected chi connectivity index (χ0v) is 19.2. The summed E-state index contributed by atoms with van der Waals surface area (Å²) >= 11 is 0. The van der Waals surface area contributed by atoms with Crippen molar-refractivity contribution >= 4 is 29.7 Å². The first-order chi connectivity index (χ1) is 15.7. The number of hydrogen-bond donors (Lipinski definition) is 2. The van der Waals surface area contributed by atoms with Crippen LogP contribution in [-0.4, -0.2) is 70.5 Å². The van der Waals surface area contributed by atoms with Crippen LogP contribution in [0.2, 0.25) is 0 Å². The zero-order chi connectivity index (χ0) is 24.0. The van der Waals surface area contributed by atoms with E-state index in [0.717, 1.165) is 19.3 Å². The number of nitrogens with one attached hydrogen (secondary N) is 2. The van der Waals surface area contributed by atoms with E-state index in [4.69, 9.17) is 4.84 Å². The van der Waals surface area contributed by atoms with Gasteiger partial charge in [0, 0.05) is 44.8 Å². The molecule has 0 aromatic rings. The van der Waals surface area contributed by atoms with Crippen molar-refractivity contribution in [3.8, 4) is 0 Å². The van der Waals surface area contributed by atoms with Gasteiger partial charge in [-0.15, -0.1) is 5.06 Å². The second kappa shape index (κ2) is 10.7. The average Bonchev–Trinajstić information content (AvgIpc) is 3.30. The summed E-state index contributed by atoms with van der Waals surface area (Å²) in [6.45, 7) is 4.35. The van der Waals surface area contributed by atoms with E-state index in [-0.39, 0.29) is 49.8 Å². The molecular weight excluding hydrogens is 432 g/mol. The molecule has 182 valence electrons. The van der Waals surface area contributed by atoms with Gasteiger partial charge in [0.05, 0.1) is 12.5 Å². The van der Waals surface area contributed by atoms with Crippen LogP contribution >= 0.6 is 0 Å². The predicted molar refractivity (Wildman–Crippen MR) is 114 cm³/mol. The first-order valence-electron chi connectivity index (χ1n) is 11.5. The third kappa shape index (κ3) is 7.22. The quantitative estimate of drug-likeness (QED) is 0.311. The van der Waals surface area contributed by atoms with Crippen LogP contribution in [0, 0.1) is 0 Å².